The third-order valence-electron chi connectivity index (χ3n) is 2.90. The molecule has 0 aliphatic rings. The molecule has 0 bridgehead atoms. The number of furan rings is 1. The number of benzene rings is 1. The number of aromatic nitrogens is 2. The van der Waals surface area contributed by atoms with E-state index in [1.807, 2.05) is 0 Å². The smallest absolute Gasteiger partial charge is 0.305 e. The van der Waals surface area contributed by atoms with Crippen molar-refractivity contribution in [3.8, 4) is 11.5 Å². The molecule has 0 aliphatic carbocycles. The topological polar surface area (TPSA) is 110 Å². The molecule has 1 aromatic carbocycles. The molecular formula is C15H11FN4O4S. The lowest BCUT2D eigenvalue weighted by Crippen LogP contribution is -2.42. The summed E-state index contributed by atoms with van der Waals surface area (Å²) < 4.78 is 23.8. The second-order valence-electron chi connectivity index (χ2n) is 4.62. The molecule has 2 heterocycles. The van der Waals surface area contributed by atoms with E-state index in [1.54, 1.807) is 18.2 Å². The Bertz CT molecular complexity index is 881. The van der Waals surface area contributed by atoms with E-state index in [0.717, 1.165) is 11.8 Å². The standard InChI is InChI=1S/C15H11FN4O4S/c16-10-5-2-1-4-9(10)14-19-20-15(24-14)25-8-12(21)17-18-13(22)11-6-3-7-23-11/h1-7H,8H2,(H,17,21)(H,18,22). The van der Waals surface area contributed by atoms with Crippen molar-refractivity contribution in [2.45, 2.75) is 5.22 Å². The van der Waals surface area contributed by atoms with Gasteiger partial charge in [-0.1, -0.05) is 23.9 Å². The molecule has 0 saturated heterocycles. The maximum absolute atomic E-state index is 13.6. The number of hydrogen-bond acceptors (Lipinski definition) is 7. The number of thioether (sulfide) groups is 1. The summed E-state index contributed by atoms with van der Waals surface area (Å²) in [6.07, 6.45) is 1.34. The Morgan fingerprint density at radius 2 is 1.96 bits per heavy atom. The molecule has 2 N–H and O–H groups in total. The van der Waals surface area contributed by atoms with E-state index in [0.29, 0.717) is 0 Å². The number of carbonyl (C=O) groups excluding carboxylic acids is 2. The predicted molar refractivity (Wildman–Crippen MR) is 84.7 cm³/mol. The van der Waals surface area contributed by atoms with Crippen LogP contribution in [0.2, 0.25) is 0 Å². The molecule has 0 radical (unpaired) electrons. The SMILES string of the molecule is O=C(CSc1nnc(-c2ccccc2F)o1)NNC(=O)c1ccco1. The van der Waals surface area contributed by atoms with Crippen LogP contribution in [0.5, 0.6) is 0 Å². The van der Waals surface area contributed by atoms with Crippen LogP contribution < -0.4 is 10.9 Å². The molecule has 3 aromatic rings. The van der Waals surface area contributed by atoms with E-state index in [-0.39, 0.29) is 28.2 Å². The number of nitrogens with one attached hydrogen (secondary N) is 2. The third-order valence-corrected chi connectivity index (χ3v) is 3.72. The van der Waals surface area contributed by atoms with Crippen LogP contribution in [-0.2, 0) is 4.79 Å². The zero-order valence-electron chi connectivity index (χ0n) is 12.6. The lowest BCUT2D eigenvalue weighted by molar-refractivity contribution is -0.119. The molecule has 0 saturated carbocycles. The van der Waals surface area contributed by atoms with Gasteiger partial charge in [0.25, 0.3) is 11.1 Å². The molecule has 25 heavy (non-hydrogen) atoms. The Morgan fingerprint density at radius 1 is 1.12 bits per heavy atom. The van der Waals surface area contributed by atoms with Gasteiger partial charge in [0.2, 0.25) is 5.91 Å². The lowest BCUT2D eigenvalue weighted by Gasteiger charge is -2.04. The molecule has 8 nitrogen and oxygen atoms in total. The highest BCUT2D eigenvalue weighted by Crippen LogP contribution is 2.24. The molecule has 0 fully saturated rings. The Morgan fingerprint density at radius 3 is 2.72 bits per heavy atom. The van der Waals surface area contributed by atoms with Crippen LogP contribution in [-0.4, -0.2) is 27.8 Å². The molecule has 0 spiro atoms. The molecular weight excluding hydrogens is 351 g/mol. The van der Waals surface area contributed by atoms with Crippen LogP contribution in [0.1, 0.15) is 10.6 Å². The number of carbonyl (C=O) groups is 2. The molecule has 0 aliphatic heterocycles. The average Bonchev–Trinajstić information content (AvgIpc) is 3.30. The first-order valence-electron chi connectivity index (χ1n) is 6.97. The third kappa shape index (κ3) is 4.23. The van der Waals surface area contributed by atoms with Crippen molar-refractivity contribution in [1.82, 2.24) is 21.0 Å². The Balaban J connectivity index is 1.50. The van der Waals surface area contributed by atoms with Crippen molar-refractivity contribution in [3.63, 3.8) is 0 Å². The van der Waals surface area contributed by atoms with Crippen molar-refractivity contribution in [3.05, 3.63) is 54.2 Å². The summed E-state index contributed by atoms with van der Waals surface area (Å²) in [5.41, 5.74) is 4.60. The van der Waals surface area contributed by atoms with E-state index in [2.05, 4.69) is 21.0 Å². The van der Waals surface area contributed by atoms with Crippen LogP contribution in [0.4, 0.5) is 4.39 Å². The normalized spacial score (nSPS) is 10.4. The van der Waals surface area contributed by atoms with Gasteiger partial charge in [-0.25, -0.2) is 4.39 Å². The van der Waals surface area contributed by atoms with Gasteiger partial charge >= 0.3 is 5.91 Å². The number of nitrogens with zero attached hydrogens (tertiary/aromatic N) is 2. The molecule has 2 amide bonds. The summed E-state index contributed by atoms with van der Waals surface area (Å²) in [5, 5.41) is 7.58. The van der Waals surface area contributed by atoms with Gasteiger partial charge in [-0.3, -0.25) is 20.4 Å². The van der Waals surface area contributed by atoms with Gasteiger partial charge in [-0.2, -0.15) is 0 Å². The Kier molecular flexibility index (Phi) is 5.09. The molecule has 2 aromatic heterocycles. The van der Waals surface area contributed by atoms with Crippen molar-refractivity contribution >= 4 is 23.6 Å². The highest BCUT2D eigenvalue weighted by molar-refractivity contribution is 7.99. The highest BCUT2D eigenvalue weighted by atomic mass is 32.2. The van der Waals surface area contributed by atoms with Crippen molar-refractivity contribution in [1.29, 1.82) is 0 Å². The average molecular weight is 362 g/mol. The van der Waals surface area contributed by atoms with Crippen molar-refractivity contribution in [2.24, 2.45) is 0 Å². The van der Waals surface area contributed by atoms with E-state index in [9.17, 15) is 14.0 Å². The van der Waals surface area contributed by atoms with Crippen molar-refractivity contribution in [2.75, 3.05) is 5.75 Å². The number of halogens is 1. The van der Waals surface area contributed by atoms with E-state index in [1.165, 1.54) is 24.5 Å². The highest BCUT2D eigenvalue weighted by Gasteiger charge is 2.14. The van der Waals surface area contributed by atoms with Gasteiger partial charge in [0.05, 0.1) is 17.6 Å². The van der Waals surface area contributed by atoms with Gasteiger partial charge in [-0.05, 0) is 24.3 Å². The van der Waals surface area contributed by atoms with Gasteiger partial charge in [0.1, 0.15) is 5.82 Å². The Labute approximate surface area is 144 Å². The summed E-state index contributed by atoms with van der Waals surface area (Å²) in [6, 6.07) is 8.99. The largest absolute Gasteiger partial charge is 0.459 e. The van der Waals surface area contributed by atoms with Gasteiger partial charge in [-0.15, -0.1) is 10.2 Å². The van der Waals surface area contributed by atoms with Crippen LogP contribution in [0.15, 0.2) is 56.7 Å². The fraction of sp³-hybridized carbons (Fsp3) is 0.0667. The van der Waals surface area contributed by atoms with Gasteiger partial charge in [0, 0.05) is 0 Å². The maximum atomic E-state index is 13.6. The quantitative estimate of drug-likeness (QED) is 0.528. The summed E-state index contributed by atoms with van der Waals surface area (Å²) >= 11 is 0.950. The molecule has 3 rings (SSSR count). The van der Waals surface area contributed by atoms with E-state index in [4.69, 9.17) is 8.83 Å². The molecule has 10 heteroatoms. The van der Waals surface area contributed by atoms with Gasteiger partial charge < -0.3 is 8.83 Å². The number of rotatable bonds is 5. The minimum atomic E-state index is -0.581. The minimum Gasteiger partial charge on any atom is -0.459 e. The first kappa shape index (κ1) is 16.7. The summed E-state index contributed by atoms with van der Waals surface area (Å²) in [7, 11) is 0. The van der Waals surface area contributed by atoms with Crippen LogP contribution in [0, 0.1) is 5.82 Å². The second kappa shape index (κ2) is 7.62. The fourth-order valence-electron chi connectivity index (χ4n) is 1.77. The maximum Gasteiger partial charge on any atom is 0.305 e. The monoisotopic (exact) mass is 362 g/mol. The van der Waals surface area contributed by atoms with Crippen LogP contribution in [0.25, 0.3) is 11.5 Å². The second-order valence-corrected chi connectivity index (χ2v) is 5.55. The number of hydrazine groups is 1. The van der Waals surface area contributed by atoms with Crippen LogP contribution >= 0.6 is 11.8 Å². The molecule has 128 valence electrons. The minimum absolute atomic E-state index is 0.0205. The van der Waals surface area contributed by atoms with Crippen LogP contribution in [0.3, 0.4) is 0 Å². The number of amides is 2. The van der Waals surface area contributed by atoms with Gasteiger partial charge in [0.15, 0.2) is 5.76 Å². The molecule has 0 unspecified atom stereocenters. The lowest BCUT2D eigenvalue weighted by atomic mass is 10.2. The van der Waals surface area contributed by atoms with Crippen molar-refractivity contribution < 1.29 is 22.8 Å². The fourth-order valence-corrected chi connectivity index (χ4v) is 2.33. The first-order valence-corrected chi connectivity index (χ1v) is 7.96. The summed E-state index contributed by atoms with van der Waals surface area (Å²) in [4.78, 5) is 23.3. The summed E-state index contributed by atoms with van der Waals surface area (Å²) in [6.45, 7) is 0. The Hall–Kier alpha value is -3.14. The molecule has 0 atom stereocenters. The zero-order chi connectivity index (χ0) is 17.6. The van der Waals surface area contributed by atoms with E-state index >= 15 is 0 Å². The zero-order valence-corrected chi connectivity index (χ0v) is 13.4. The number of hydrogen-bond donors (Lipinski definition) is 2. The predicted octanol–water partition coefficient (Wildman–Crippen LogP) is 2.02. The van der Waals surface area contributed by atoms with E-state index < -0.39 is 17.6 Å². The first-order chi connectivity index (χ1) is 12.1. The summed E-state index contributed by atoms with van der Waals surface area (Å²) in [5.74, 6) is -1.55.